The molecule has 3 aromatic heterocycles. The summed E-state index contributed by atoms with van der Waals surface area (Å²) in [6, 6.07) is 9.14. The number of nitrogens with zero attached hydrogens (tertiary/aromatic N) is 5. The van der Waals surface area contributed by atoms with Crippen LogP contribution in [0.2, 0.25) is 0 Å². The van der Waals surface area contributed by atoms with Crippen LogP contribution in [-0.2, 0) is 18.3 Å². The molecule has 4 aromatic rings. The van der Waals surface area contributed by atoms with Crippen molar-refractivity contribution in [2.24, 2.45) is 7.05 Å². The summed E-state index contributed by atoms with van der Waals surface area (Å²) in [5.74, 6) is -0.382. The molecule has 4 heterocycles. The average Bonchev–Trinajstić information content (AvgIpc) is 3.48. The molecule has 0 radical (unpaired) electrons. The average molecular weight is 448 g/mol. The first-order valence-electron chi connectivity index (χ1n) is 10.7. The van der Waals surface area contributed by atoms with E-state index in [0.29, 0.717) is 30.6 Å². The number of aryl methyl sites for hydroxylation is 1. The Morgan fingerprint density at radius 2 is 2.12 bits per heavy atom. The molecule has 33 heavy (non-hydrogen) atoms. The molecule has 2 atom stereocenters. The molecular formula is C23H24N6O4. The molecule has 0 bridgehead atoms. The van der Waals surface area contributed by atoms with E-state index in [1.807, 2.05) is 36.5 Å². The summed E-state index contributed by atoms with van der Waals surface area (Å²) in [4.78, 5) is 30.6. The molecule has 170 valence electrons. The second kappa shape index (κ2) is 8.64. The first kappa shape index (κ1) is 21.1. The summed E-state index contributed by atoms with van der Waals surface area (Å²) in [6.07, 6.45) is 6.37. The van der Waals surface area contributed by atoms with Crippen molar-refractivity contribution in [2.45, 2.75) is 25.1 Å². The van der Waals surface area contributed by atoms with Crippen LogP contribution >= 0.6 is 0 Å². The van der Waals surface area contributed by atoms with Gasteiger partial charge in [-0.2, -0.15) is 5.10 Å². The highest BCUT2D eigenvalue weighted by molar-refractivity contribution is 6.04. The van der Waals surface area contributed by atoms with Crippen molar-refractivity contribution in [1.82, 2.24) is 29.2 Å². The lowest BCUT2D eigenvalue weighted by Crippen LogP contribution is -2.48. The van der Waals surface area contributed by atoms with E-state index < -0.39 is 12.1 Å². The fourth-order valence-electron chi connectivity index (χ4n) is 4.08. The number of ether oxygens (including phenoxy) is 1. The van der Waals surface area contributed by atoms with Crippen molar-refractivity contribution in [3.63, 3.8) is 0 Å². The van der Waals surface area contributed by atoms with Crippen molar-refractivity contribution in [2.75, 3.05) is 13.2 Å². The van der Waals surface area contributed by atoms with Gasteiger partial charge >= 0.3 is 0 Å². The number of aromatic nitrogens is 5. The molecule has 10 heteroatoms. The molecule has 1 aliphatic rings. The number of aliphatic hydroxyl groups is 1. The number of amides is 1. The van der Waals surface area contributed by atoms with Gasteiger partial charge in [-0.15, -0.1) is 0 Å². The minimum Gasteiger partial charge on any atom is -0.389 e. The molecule has 0 unspecified atom stereocenters. The highest BCUT2D eigenvalue weighted by Crippen LogP contribution is 2.17. The zero-order valence-corrected chi connectivity index (χ0v) is 18.1. The Hall–Kier alpha value is -3.76. The topological polar surface area (TPSA) is 116 Å². The van der Waals surface area contributed by atoms with Crippen LogP contribution in [0.3, 0.4) is 0 Å². The van der Waals surface area contributed by atoms with E-state index in [1.165, 1.54) is 10.9 Å². The van der Waals surface area contributed by atoms with Gasteiger partial charge in [0.25, 0.3) is 11.5 Å². The summed E-state index contributed by atoms with van der Waals surface area (Å²) < 4.78 is 10.1. The highest BCUT2D eigenvalue weighted by atomic mass is 16.5. The molecule has 1 saturated heterocycles. The Labute approximate surface area is 189 Å². The van der Waals surface area contributed by atoms with Crippen LogP contribution in [0.4, 0.5) is 0 Å². The maximum absolute atomic E-state index is 13.2. The van der Waals surface area contributed by atoms with Gasteiger partial charge in [0.2, 0.25) is 0 Å². The third-order valence-corrected chi connectivity index (χ3v) is 5.89. The first-order chi connectivity index (χ1) is 16.0. The molecule has 0 saturated carbocycles. The van der Waals surface area contributed by atoms with Crippen LogP contribution in [0, 0.1) is 0 Å². The van der Waals surface area contributed by atoms with E-state index in [2.05, 4.69) is 15.4 Å². The second-order valence-electron chi connectivity index (χ2n) is 8.16. The Morgan fingerprint density at radius 3 is 2.85 bits per heavy atom. The van der Waals surface area contributed by atoms with Gasteiger partial charge in [-0.05, 0) is 30.2 Å². The largest absolute Gasteiger partial charge is 0.389 e. The SMILES string of the molecule is Cn1cnc2c(C(=O)N[C@H]3CCOC[C@@H]3O)cn(Cc3ccc(-n4cccn4)cc3)c(=O)c21. The van der Waals surface area contributed by atoms with Gasteiger partial charge in [-0.1, -0.05) is 12.1 Å². The number of hydrogen-bond donors (Lipinski definition) is 2. The number of benzene rings is 1. The Bertz CT molecular complexity index is 1340. The second-order valence-corrected chi connectivity index (χ2v) is 8.16. The van der Waals surface area contributed by atoms with E-state index >= 15 is 0 Å². The van der Waals surface area contributed by atoms with Crippen LogP contribution in [-0.4, -0.2) is 60.3 Å². The maximum Gasteiger partial charge on any atom is 0.277 e. The number of carbonyl (C=O) groups excluding carboxylic acids is 1. The third-order valence-electron chi connectivity index (χ3n) is 5.89. The molecule has 10 nitrogen and oxygen atoms in total. The van der Waals surface area contributed by atoms with Gasteiger partial charge in [0.1, 0.15) is 11.0 Å². The van der Waals surface area contributed by atoms with Gasteiger partial charge in [-0.25, -0.2) is 9.67 Å². The van der Waals surface area contributed by atoms with E-state index in [4.69, 9.17) is 4.74 Å². The van der Waals surface area contributed by atoms with Gasteiger partial charge in [0.15, 0.2) is 0 Å². The number of imidazole rings is 1. The van der Waals surface area contributed by atoms with E-state index in [9.17, 15) is 14.7 Å². The lowest BCUT2D eigenvalue weighted by Gasteiger charge is -2.28. The number of aliphatic hydroxyl groups excluding tert-OH is 1. The van der Waals surface area contributed by atoms with Gasteiger partial charge in [0.05, 0.1) is 42.9 Å². The van der Waals surface area contributed by atoms with Crippen molar-refractivity contribution in [3.05, 3.63) is 76.7 Å². The van der Waals surface area contributed by atoms with Crippen LogP contribution in [0.5, 0.6) is 0 Å². The first-order valence-corrected chi connectivity index (χ1v) is 10.7. The number of nitrogens with one attached hydrogen (secondary N) is 1. The van der Waals surface area contributed by atoms with Gasteiger partial charge in [0, 0.05) is 32.2 Å². The summed E-state index contributed by atoms with van der Waals surface area (Å²) in [5.41, 5.74) is 2.56. The van der Waals surface area contributed by atoms with Crippen molar-refractivity contribution < 1.29 is 14.6 Å². The predicted molar refractivity (Wildman–Crippen MR) is 120 cm³/mol. The minimum absolute atomic E-state index is 0.179. The molecule has 0 aliphatic carbocycles. The number of rotatable bonds is 5. The van der Waals surface area contributed by atoms with Gasteiger partial charge in [-0.3, -0.25) is 9.59 Å². The van der Waals surface area contributed by atoms with Crippen molar-refractivity contribution in [3.8, 4) is 5.69 Å². The fourth-order valence-corrected chi connectivity index (χ4v) is 4.08. The molecule has 1 aliphatic heterocycles. The van der Waals surface area contributed by atoms with E-state index in [-0.39, 0.29) is 23.6 Å². The number of hydrogen-bond acceptors (Lipinski definition) is 6. The normalized spacial score (nSPS) is 18.5. The van der Waals surface area contributed by atoms with Crippen LogP contribution < -0.4 is 10.9 Å². The van der Waals surface area contributed by atoms with Crippen molar-refractivity contribution in [1.29, 1.82) is 0 Å². The summed E-state index contributed by atoms with van der Waals surface area (Å²) in [6.45, 7) is 0.937. The van der Waals surface area contributed by atoms with E-state index in [0.717, 1.165) is 11.3 Å². The Balaban J connectivity index is 1.47. The highest BCUT2D eigenvalue weighted by Gasteiger charge is 2.27. The quantitative estimate of drug-likeness (QED) is 0.468. The van der Waals surface area contributed by atoms with E-state index in [1.54, 1.807) is 28.7 Å². The molecule has 1 aromatic carbocycles. The molecule has 1 amide bonds. The molecule has 2 N–H and O–H groups in total. The lowest BCUT2D eigenvalue weighted by molar-refractivity contribution is -0.0260. The van der Waals surface area contributed by atoms with Crippen LogP contribution in [0.1, 0.15) is 22.3 Å². The number of fused-ring (bicyclic) bond motifs is 1. The number of pyridine rings is 1. The van der Waals surface area contributed by atoms with Crippen LogP contribution in [0.25, 0.3) is 16.7 Å². The van der Waals surface area contributed by atoms with Gasteiger partial charge < -0.3 is 24.3 Å². The molecular weight excluding hydrogens is 424 g/mol. The van der Waals surface area contributed by atoms with Crippen molar-refractivity contribution >= 4 is 16.9 Å². The molecule has 0 spiro atoms. The summed E-state index contributed by atoms with van der Waals surface area (Å²) >= 11 is 0. The Kier molecular flexibility index (Phi) is 5.53. The predicted octanol–water partition coefficient (Wildman–Crippen LogP) is 0.849. The fraction of sp³-hybridized carbons (Fsp3) is 0.304. The smallest absolute Gasteiger partial charge is 0.277 e. The number of carbonyl (C=O) groups is 1. The van der Waals surface area contributed by atoms with Crippen LogP contribution in [0.15, 0.2) is 60.0 Å². The zero-order valence-electron chi connectivity index (χ0n) is 18.1. The third kappa shape index (κ3) is 4.06. The summed E-state index contributed by atoms with van der Waals surface area (Å²) in [5, 5.41) is 17.2. The minimum atomic E-state index is -0.777. The Morgan fingerprint density at radius 1 is 1.30 bits per heavy atom. The standard InChI is InChI=1S/C23H24N6O4/c1-27-14-24-20-17(22(31)26-18-7-10-33-13-19(18)30)12-28(23(32)21(20)27)11-15-3-5-16(6-4-15)29-9-2-8-25-29/h2-6,8-9,12,14,18-19,30H,7,10-11,13H2,1H3,(H,26,31)/t18-,19-/m0/s1. The molecule has 5 rings (SSSR count). The monoisotopic (exact) mass is 448 g/mol. The lowest BCUT2D eigenvalue weighted by atomic mass is 10.1. The molecule has 1 fully saturated rings. The maximum atomic E-state index is 13.2. The zero-order chi connectivity index (χ0) is 22.9. The summed E-state index contributed by atoms with van der Waals surface area (Å²) in [7, 11) is 1.73.